The van der Waals surface area contributed by atoms with Crippen LogP contribution in [0.2, 0.25) is 0 Å². The van der Waals surface area contributed by atoms with Crippen LogP contribution in [0, 0.1) is 0 Å². The normalized spacial score (nSPS) is 16.4. The largest absolute Gasteiger partial charge is 0.506 e. The maximum absolute atomic E-state index is 13.1. The Kier molecular flexibility index (Phi) is 4.82. The molecule has 1 saturated heterocycles. The molecule has 144 valence electrons. The van der Waals surface area contributed by atoms with E-state index in [9.17, 15) is 9.90 Å². The van der Waals surface area contributed by atoms with Crippen molar-refractivity contribution in [1.29, 1.82) is 0 Å². The first-order valence-electron chi connectivity index (χ1n) is 9.33. The highest BCUT2D eigenvalue weighted by molar-refractivity contribution is 6.03. The molecule has 0 bridgehead atoms. The molecule has 3 aromatic rings. The van der Waals surface area contributed by atoms with Gasteiger partial charge in [0.1, 0.15) is 17.2 Å². The predicted molar refractivity (Wildman–Crippen MR) is 108 cm³/mol. The lowest BCUT2D eigenvalue weighted by Gasteiger charge is -2.18. The van der Waals surface area contributed by atoms with Crippen LogP contribution in [0.3, 0.4) is 0 Å². The van der Waals surface area contributed by atoms with Crippen LogP contribution in [0.1, 0.15) is 28.3 Å². The van der Waals surface area contributed by atoms with E-state index in [1.807, 2.05) is 48.5 Å². The average Bonchev–Trinajstić information content (AvgIpc) is 3.23. The second-order valence-electron chi connectivity index (χ2n) is 7.07. The number of hydrogen-bond acceptors (Lipinski definition) is 4. The molecule has 0 aliphatic carbocycles. The highest BCUT2D eigenvalue weighted by Crippen LogP contribution is 2.35. The fourth-order valence-corrected chi connectivity index (χ4v) is 3.88. The Bertz CT molecular complexity index is 1010. The molecule has 5 nitrogen and oxygen atoms in total. The summed E-state index contributed by atoms with van der Waals surface area (Å²) in [4.78, 5) is 14.9. The number of methoxy groups -OCH3 is 2. The van der Waals surface area contributed by atoms with Crippen LogP contribution < -0.4 is 9.47 Å². The smallest absolute Gasteiger partial charge is 0.257 e. The zero-order valence-electron chi connectivity index (χ0n) is 16.0. The average molecular weight is 377 g/mol. The molecule has 1 atom stereocenters. The van der Waals surface area contributed by atoms with Crippen LogP contribution >= 0.6 is 0 Å². The Morgan fingerprint density at radius 1 is 1.04 bits per heavy atom. The van der Waals surface area contributed by atoms with Gasteiger partial charge in [-0.3, -0.25) is 4.79 Å². The first kappa shape index (κ1) is 18.2. The molecule has 1 N–H and O–H groups in total. The summed E-state index contributed by atoms with van der Waals surface area (Å²) < 4.78 is 10.7. The highest BCUT2D eigenvalue weighted by atomic mass is 16.5. The van der Waals surface area contributed by atoms with E-state index in [0.29, 0.717) is 24.0 Å². The third kappa shape index (κ3) is 3.24. The van der Waals surface area contributed by atoms with Crippen molar-refractivity contribution in [2.24, 2.45) is 0 Å². The van der Waals surface area contributed by atoms with Crippen molar-refractivity contribution >= 4 is 16.7 Å². The number of nitrogens with zero attached hydrogens (tertiary/aromatic N) is 1. The number of hydrogen-bond donors (Lipinski definition) is 1. The number of aromatic hydroxyl groups is 1. The molecule has 1 amide bonds. The zero-order chi connectivity index (χ0) is 19.7. The van der Waals surface area contributed by atoms with Gasteiger partial charge < -0.3 is 19.5 Å². The van der Waals surface area contributed by atoms with Gasteiger partial charge in [0, 0.05) is 30.5 Å². The van der Waals surface area contributed by atoms with Crippen LogP contribution in [-0.2, 0) is 0 Å². The minimum absolute atomic E-state index is 0.0506. The Morgan fingerprint density at radius 2 is 1.75 bits per heavy atom. The number of carbonyl (C=O) groups is 1. The van der Waals surface area contributed by atoms with Gasteiger partial charge in [0.15, 0.2) is 0 Å². The fraction of sp³-hybridized carbons (Fsp3) is 0.261. The number of carbonyl (C=O) groups excluding carboxylic acids is 1. The number of amides is 1. The van der Waals surface area contributed by atoms with Gasteiger partial charge in [-0.05, 0) is 35.6 Å². The number of phenolic OH excluding ortho intramolecular Hbond substituents is 1. The summed E-state index contributed by atoms with van der Waals surface area (Å²) >= 11 is 0. The SMILES string of the molecule is COc1cc(OC)cc([C@H]2CCN(C(=O)c3ccc4ccccc4c3O)C2)c1. The maximum Gasteiger partial charge on any atom is 0.257 e. The first-order valence-corrected chi connectivity index (χ1v) is 9.33. The second kappa shape index (κ2) is 7.43. The molecule has 5 heteroatoms. The van der Waals surface area contributed by atoms with E-state index in [2.05, 4.69) is 0 Å². The zero-order valence-corrected chi connectivity index (χ0v) is 16.0. The van der Waals surface area contributed by atoms with Crippen molar-refractivity contribution in [3.05, 3.63) is 65.7 Å². The van der Waals surface area contributed by atoms with Gasteiger partial charge in [0.05, 0.1) is 19.8 Å². The molecule has 0 spiro atoms. The Hall–Kier alpha value is -3.21. The molecule has 0 unspecified atom stereocenters. The minimum Gasteiger partial charge on any atom is -0.506 e. The number of ether oxygens (including phenoxy) is 2. The Balaban J connectivity index is 1.58. The van der Waals surface area contributed by atoms with Gasteiger partial charge in [-0.2, -0.15) is 0 Å². The van der Waals surface area contributed by atoms with Gasteiger partial charge in [-0.15, -0.1) is 0 Å². The van der Waals surface area contributed by atoms with Gasteiger partial charge >= 0.3 is 0 Å². The quantitative estimate of drug-likeness (QED) is 0.741. The van der Waals surface area contributed by atoms with E-state index in [-0.39, 0.29) is 17.6 Å². The molecule has 28 heavy (non-hydrogen) atoms. The second-order valence-corrected chi connectivity index (χ2v) is 7.07. The number of phenols is 1. The minimum atomic E-state index is -0.138. The summed E-state index contributed by atoms with van der Waals surface area (Å²) in [5.74, 6) is 1.60. The highest BCUT2D eigenvalue weighted by Gasteiger charge is 2.30. The van der Waals surface area contributed by atoms with E-state index < -0.39 is 0 Å². The molecular formula is C23H23NO4. The van der Waals surface area contributed by atoms with Crippen molar-refractivity contribution in [3.8, 4) is 17.2 Å². The molecule has 1 aliphatic rings. The Morgan fingerprint density at radius 3 is 2.46 bits per heavy atom. The molecule has 0 radical (unpaired) electrons. The van der Waals surface area contributed by atoms with E-state index in [4.69, 9.17) is 9.47 Å². The van der Waals surface area contributed by atoms with E-state index in [1.165, 1.54) is 0 Å². The summed E-state index contributed by atoms with van der Waals surface area (Å²) in [6.45, 7) is 1.25. The third-order valence-corrected chi connectivity index (χ3v) is 5.45. The van der Waals surface area contributed by atoms with Crippen LogP contribution in [0.4, 0.5) is 0 Å². The third-order valence-electron chi connectivity index (χ3n) is 5.45. The summed E-state index contributed by atoms with van der Waals surface area (Å²) in [6.07, 6.45) is 0.858. The molecule has 3 aromatic carbocycles. The van der Waals surface area contributed by atoms with Crippen LogP contribution in [0.5, 0.6) is 17.2 Å². The lowest BCUT2D eigenvalue weighted by molar-refractivity contribution is 0.0788. The fourth-order valence-electron chi connectivity index (χ4n) is 3.88. The lowest BCUT2D eigenvalue weighted by atomic mass is 9.98. The van der Waals surface area contributed by atoms with E-state index in [1.54, 1.807) is 25.2 Å². The molecule has 1 fully saturated rings. The predicted octanol–water partition coefficient (Wildman–Crippen LogP) is 4.19. The number of fused-ring (bicyclic) bond motifs is 1. The number of benzene rings is 3. The summed E-state index contributed by atoms with van der Waals surface area (Å²) in [7, 11) is 3.26. The summed E-state index contributed by atoms with van der Waals surface area (Å²) in [6, 6.07) is 16.9. The topological polar surface area (TPSA) is 59.0 Å². The molecule has 1 aliphatic heterocycles. The van der Waals surface area contributed by atoms with Crippen LogP contribution in [0.25, 0.3) is 10.8 Å². The van der Waals surface area contributed by atoms with E-state index in [0.717, 1.165) is 28.9 Å². The van der Waals surface area contributed by atoms with Crippen LogP contribution in [0.15, 0.2) is 54.6 Å². The monoisotopic (exact) mass is 377 g/mol. The van der Waals surface area contributed by atoms with Crippen molar-refractivity contribution in [3.63, 3.8) is 0 Å². The van der Waals surface area contributed by atoms with Crippen molar-refractivity contribution in [2.75, 3.05) is 27.3 Å². The van der Waals surface area contributed by atoms with Gasteiger partial charge in [-0.1, -0.05) is 30.3 Å². The first-order chi connectivity index (χ1) is 13.6. The van der Waals surface area contributed by atoms with Gasteiger partial charge in [0.2, 0.25) is 0 Å². The van der Waals surface area contributed by atoms with Gasteiger partial charge in [0.25, 0.3) is 5.91 Å². The van der Waals surface area contributed by atoms with Crippen LogP contribution in [-0.4, -0.2) is 43.2 Å². The Labute approximate surface area is 164 Å². The van der Waals surface area contributed by atoms with Crippen molar-refractivity contribution < 1.29 is 19.4 Å². The lowest BCUT2D eigenvalue weighted by Crippen LogP contribution is -2.28. The number of rotatable bonds is 4. The molecule has 0 saturated carbocycles. The van der Waals surface area contributed by atoms with Crippen molar-refractivity contribution in [2.45, 2.75) is 12.3 Å². The molecule has 4 rings (SSSR count). The molecule has 1 heterocycles. The number of likely N-dealkylation sites (tertiary alicyclic amines) is 1. The molecular weight excluding hydrogens is 354 g/mol. The van der Waals surface area contributed by atoms with Gasteiger partial charge in [-0.25, -0.2) is 0 Å². The standard InChI is InChI=1S/C23H23NO4/c1-27-18-11-17(12-19(13-18)28-2)16-9-10-24(14-16)23(26)21-8-7-15-5-3-4-6-20(15)22(21)25/h3-8,11-13,16,25H,9-10,14H2,1-2H3/t16-/m0/s1. The van der Waals surface area contributed by atoms with E-state index >= 15 is 0 Å². The molecule has 0 aromatic heterocycles. The summed E-state index contributed by atoms with van der Waals surface area (Å²) in [5, 5.41) is 12.2. The maximum atomic E-state index is 13.1. The summed E-state index contributed by atoms with van der Waals surface area (Å²) in [5.41, 5.74) is 1.44. The van der Waals surface area contributed by atoms with Crippen molar-refractivity contribution in [1.82, 2.24) is 4.90 Å².